The number of nitrogens with one attached hydrogen (secondary N) is 2. The van der Waals surface area contributed by atoms with E-state index < -0.39 is 0 Å². The number of nitrogens with zero attached hydrogens (tertiary/aromatic N) is 1. The molecule has 0 amide bonds. The number of halogens is 1. The number of hydrogen-bond donors (Lipinski definition) is 2. The summed E-state index contributed by atoms with van der Waals surface area (Å²) in [5.41, 5.74) is 2.91. The van der Waals surface area contributed by atoms with Crippen molar-refractivity contribution < 1.29 is 0 Å². The van der Waals surface area contributed by atoms with Gasteiger partial charge in [-0.2, -0.15) is 5.10 Å². The summed E-state index contributed by atoms with van der Waals surface area (Å²) in [7, 11) is 0. The van der Waals surface area contributed by atoms with Gasteiger partial charge in [-0.05, 0) is 12.1 Å². The predicted octanol–water partition coefficient (Wildman–Crippen LogP) is 3.23. The molecule has 2 N–H and O–H groups in total. The van der Waals surface area contributed by atoms with Crippen LogP contribution in [0.1, 0.15) is 19.5 Å². The number of aromatic amines is 1. The first kappa shape index (κ1) is 12.1. The molecule has 4 heteroatoms. The summed E-state index contributed by atoms with van der Waals surface area (Å²) in [6.45, 7) is 5.02. The molecule has 90 valence electrons. The zero-order chi connectivity index (χ0) is 12.3. The fraction of sp³-hybridized carbons (Fsp3) is 0.308. The van der Waals surface area contributed by atoms with Gasteiger partial charge < -0.3 is 5.32 Å². The molecule has 0 unspecified atom stereocenters. The minimum absolute atomic E-state index is 0.460. The second-order valence-corrected chi connectivity index (χ2v) is 4.70. The van der Waals surface area contributed by atoms with E-state index in [1.54, 1.807) is 0 Å². The van der Waals surface area contributed by atoms with Crippen molar-refractivity contribution in [1.29, 1.82) is 0 Å². The van der Waals surface area contributed by atoms with Gasteiger partial charge in [0, 0.05) is 23.8 Å². The maximum Gasteiger partial charge on any atom is 0.0939 e. The Hall–Kier alpha value is -1.32. The molecule has 0 saturated heterocycles. The van der Waals surface area contributed by atoms with E-state index in [0.717, 1.165) is 28.5 Å². The first-order valence-electron chi connectivity index (χ1n) is 5.69. The van der Waals surface area contributed by atoms with Crippen LogP contribution in [0.25, 0.3) is 11.3 Å². The molecule has 2 rings (SSSR count). The molecule has 1 aromatic heterocycles. The van der Waals surface area contributed by atoms with Gasteiger partial charge in [-0.25, -0.2) is 0 Å². The molecule has 0 atom stereocenters. The first-order valence-corrected chi connectivity index (χ1v) is 6.07. The molecule has 1 heterocycles. The van der Waals surface area contributed by atoms with Gasteiger partial charge >= 0.3 is 0 Å². The largest absolute Gasteiger partial charge is 0.309 e. The molecular weight excluding hydrogens is 234 g/mol. The van der Waals surface area contributed by atoms with E-state index in [0.29, 0.717) is 6.04 Å². The molecule has 0 saturated carbocycles. The topological polar surface area (TPSA) is 40.7 Å². The lowest BCUT2D eigenvalue weighted by Crippen LogP contribution is -2.21. The Kier molecular flexibility index (Phi) is 3.82. The average molecular weight is 250 g/mol. The van der Waals surface area contributed by atoms with E-state index >= 15 is 0 Å². The van der Waals surface area contributed by atoms with Crippen molar-refractivity contribution >= 4 is 11.6 Å². The summed E-state index contributed by atoms with van der Waals surface area (Å²) < 4.78 is 0. The van der Waals surface area contributed by atoms with Crippen LogP contribution < -0.4 is 5.32 Å². The zero-order valence-corrected chi connectivity index (χ0v) is 10.8. The van der Waals surface area contributed by atoms with Gasteiger partial charge in [0.2, 0.25) is 0 Å². The number of H-pyrrole nitrogens is 1. The monoisotopic (exact) mass is 249 g/mol. The summed E-state index contributed by atoms with van der Waals surface area (Å²) in [6.07, 6.45) is 0. The molecular formula is C13H16ClN3. The maximum absolute atomic E-state index is 6.13. The fourth-order valence-corrected chi connectivity index (χ4v) is 1.81. The Bertz CT molecular complexity index is 491. The van der Waals surface area contributed by atoms with Crippen LogP contribution in [0.4, 0.5) is 0 Å². The van der Waals surface area contributed by atoms with E-state index in [1.807, 2.05) is 30.3 Å². The lowest BCUT2D eigenvalue weighted by molar-refractivity contribution is 0.580. The zero-order valence-electron chi connectivity index (χ0n) is 10.00. The number of rotatable bonds is 4. The summed E-state index contributed by atoms with van der Waals surface area (Å²) in [4.78, 5) is 0. The quantitative estimate of drug-likeness (QED) is 0.874. The normalized spacial score (nSPS) is 11.1. The van der Waals surface area contributed by atoms with Crippen LogP contribution in [-0.2, 0) is 6.54 Å². The van der Waals surface area contributed by atoms with Crippen molar-refractivity contribution in [2.75, 3.05) is 0 Å². The summed E-state index contributed by atoms with van der Waals surface area (Å²) in [6, 6.07) is 10.2. The molecule has 0 aliphatic carbocycles. The third kappa shape index (κ3) is 3.08. The van der Waals surface area contributed by atoms with Gasteiger partial charge in [0.15, 0.2) is 0 Å². The summed E-state index contributed by atoms with van der Waals surface area (Å²) in [5, 5.41) is 11.4. The Morgan fingerprint density at radius 2 is 2.12 bits per heavy atom. The van der Waals surface area contributed by atoms with Crippen LogP contribution in [0.15, 0.2) is 30.3 Å². The molecule has 0 aliphatic heterocycles. The van der Waals surface area contributed by atoms with E-state index in [2.05, 4.69) is 29.4 Å². The summed E-state index contributed by atoms with van der Waals surface area (Å²) in [5.74, 6) is 0. The number of hydrogen-bond acceptors (Lipinski definition) is 2. The van der Waals surface area contributed by atoms with Crippen molar-refractivity contribution in [3.8, 4) is 11.3 Å². The second-order valence-electron chi connectivity index (χ2n) is 4.29. The number of benzene rings is 1. The highest BCUT2D eigenvalue weighted by Gasteiger charge is 2.07. The van der Waals surface area contributed by atoms with Crippen LogP contribution in [0.2, 0.25) is 5.02 Å². The van der Waals surface area contributed by atoms with Crippen molar-refractivity contribution in [3.05, 3.63) is 41.0 Å². The van der Waals surface area contributed by atoms with E-state index in [-0.39, 0.29) is 0 Å². The van der Waals surface area contributed by atoms with Crippen molar-refractivity contribution in [3.63, 3.8) is 0 Å². The van der Waals surface area contributed by atoms with Gasteiger partial charge in [-0.3, -0.25) is 5.10 Å². The molecule has 0 spiro atoms. The maximum atomic E-state index is 6.13. The minimum atomic E-state index is 0.460. The third-order valence-electron chi connectivity index (χ3n) is 2.48. The van der Waals surface area contributed by atoms with E-state index in [4.69, 9.17) is 11.6 Å². The molecule has 0 fully saturated rings. The SMILES string of the molecule is CC(C)NCc1cc(-c2ccccc2Cl)n[nH]1. The first-order chi connectivity index (χ1) is 8.16. The van der Waals surface area contributed by atoms with Gasteiger partial charge in [0.05, 0.1) is 10.7 Å². The van der Waals surface area contributed by atoms with Gasteiger partial charge in [0.1, 0.15) is 0 Å². The van der Waals surface area contributed by atoms with Crippen molar-refractivity contribution in [2.24, 2.45) is 0 Å². The Morgan fingerprint density at radius 3 is 2.82 bits per heavy atom. The molecule has 0 radical (unpaired) electrons. The lowest BCUT2D eigenvalue weighted by Gasteiger charge is -2.04. The standard InChI is InChI=1S/C13H16ClN3/c1-9(2)15-8-10-7-13(17-16-10)11-5-3-4-6-12(11)14/h3-7,9,15H,8H2,1-2H3,(H,16,17). The smallest absolute Gasteiger partial charge is 0.0939 e. The molecule has 17 heavy (non-hydrogen) atoms. The van der Waals surface area contributed by atoms with Gasteiger partial charge in [0.25, 0.3) is 0 Å². The van der Waals surface area contributed by atoms with Crippen LogP contribution in [0, 0.1) is 0 Å². The second kappa shape index (κ2) is 5.34. The van der Waals surface area contributed by atoms with Crippen LogP contribution >= 0.6 is 11.6 Å². The highest BCUT2D eigenvalue weighted by Crippen LogP contribution is 2.26. The van der Waals surface area contributed by atoms with Gasteiger partial charge in [-0.1, -0.05) is 43.6 Å². The molecule has 0 aliphatic rings. The average Bonchev–Trinajstić information content (AvgIpc) is 2.75. The van der Waals surface area contributed by atoms with Crippen molar-refractivity contribution in [2.45, 2.75) is 26.4 Å². The predicted molar refractivity (Wildman–Crippen MR) is 71.0 cm³/mol. The highest BCUT2D eigenvalue weighted by atomic mass is 35.5. The third-order valence-corrected chi connectivity index (χ3v) is 2.81. The number of aromatic nitrogens is 2. The van der Waals surface area contributed by atoms with Crippen LogP contribution in [0.3, 0.4) is 0 Å². The Labute approximate surface area is 106 Å². The van der Waals surface area contributed by atoms with Crippen molar-refractivity contribution in [1.82, 2.24) is 15.5 Å². The van der Waals surface area contributed by atoms with E-state index in [9.17, 15) is 0 Å². The minimum Gasteiger partial charge on any atom is -0.309 e. The molecule has 1 aromatic carbocycles. The highest BCUT2D eigenvalue weighted by molar-refractivity contribution is 6.33. The summed E-state index contributed by atoms with van der Waals surface area (Å²) >= 11 is 6.13. The molecule has 3 nitrogen and oxygen atoms in total. The lowest BCUT2D eigenvalue weighted by atomic mass is 10.1. The Balaban J connectivity index is 2.16. The molecule has 2 aromatic rings. The van der Waals surface area contributed by atoms with Crippen LogP contribution in [-0.4, -0.2) is 16.2 Å². The molecule has 0 bridgehead atoms. The fourth-order valence-electron chi connectivity index (χ4n) is 1.57. The van der Waals surface area contributed by atoms with E-state index in [1.165, 1.54) is 0 Å². The van der Waals surface area contributed by atoms with Gasteiger partial charge in [-0.15, -0.1) is 0 Å². The Morgan fingerprint density at radius 1 is 1.35 bits per heavy atom. The van der Waals surface area contributed by atoms with Crippen LogP contribution in [0.5, 0.6) is 0 Å².